The second-order valence-electron chi connectivity index (χ2n) is 6.61. The highest BCUT2D eigenvalue weighted by atomic mass is 35.5. The van der Waals surface area contributed by atoms with Crippen LogP contribution in [0.2, 0.25) is 0 Å². The number of anilines is 1. The van der Waals surface area contributed by atoms with Crippen LogP contribution < -0.4 is 15.8 Å². The Kier molecular flexibility index (Phi) is 7.38. The van der Waals surface area contributed by atoms with Gasteiger partial charge in [0.05, 0.1) is 10.9 Å². The number of carbonyl (C=O) groups is 1. The molecule has 8 heteroatoms. The van der Waals surface area contributed by atoms with Gasteiger partial charge in [-0.2, -0.15) is 0 Å². The summed E-state index contributed by atoms with van der Waals surface area (Å²) >= 11 is 0. The van der Waals surface area contributed by atoms with E-state index in [1.54, 1.807) is 12.1 Å². The van der Waals surface area contributed by atoms with Gasteiger partial charge in [0.2, 0.25) is 15.9 Å². The van der Waals surface area contributed by atoms with Crippen LogP contribution in [0.5, 0.6) is 0 Å². The minimum Gasteiger partial charge on any atom is -0.325 e. The summed E-state index contributed by atoms with van der Waals surface area (Å²) in [6.45, 7) is 0.481. The molecule has 3 rings (SSSR count). The second-order valence-corrected chi connectivity index (χ2v) is 8.37. The van der Waals surface area contributed by atoms with E-state index >= 15 is 0 Å². The Morgan fingerprint density at radius 3 is 2.30 bits per heavy atom. The molecule has 0 saturated heterocycles. The van der Waals surface area contributed by atoms with E-state index in [4.69, 9.17) is 5.73 Å². The summed E-state index contributed by atoms with van der Waals surface area (Å²) in [6, 6.07) is 15.0. The summed E-state index contributed by atoms with van der Waals surface area (Å²) in [7, 11) is -3.50. The average molecular weight is 410 g/mol. The normalized spacial score (nSPS) is 14.9. The van der Waals surface area contributed by atoms with Crippen molar-refractivity contribution >= 4 is 34.0 Å². The van der Waals surface area contributed by atoms with Crippen molar-refractivity contribution in [3.8, 4) is 0 Å². The van der Waals surface area contributed by atoms with Crippen molar-refractivity contribution in [2.45, 2.75) is 30.2 Å². The molecule has 0 aliphatic heterocycles. The zero-order valence-corrected chi connectivity index (χ0v) is 16.4. The highest BCUT2D eigenvalue weighted by Crippen LogP contribution is 2.28. The van der Waals surface area contributed by atoms with Crippen LogP contribution >= 0.6 is 12.4 Å². The summed E-state index contributed by atoms with van der Waals surface area (Å²) in [5, 5.41) is 2.72. The summed E-state index contributed by atoms with van der Waals surface area (Å²) in [5.41, 5.74) is 7.45. The Balaban J connectivity index is 0.00000261. The largest absolute Gasteiger partial charge is 0.325 e. The van der Waals surface area contributed by atoms with Crippen LogP contribution in [0.25, 0.3) is 0 Å². The highest BCUT2D eigenvalue weighted by Gasteiger charge is 2.24. The van der Waals surface area contributed by atoms with E-state index in [1.165, 1.54) is 12.1 Å². The van der Waals surface area contributed by atoms with Crippen LogP contribution in [0.1, 0.15) is 18.4 Å². The van der Waals surface area contributed by atoms with Gasteiger partial charge >= 0.3 is 0 Å². The van der Waals surface area contributed by atoms with Crippen LogP contribution in [-0.2, 0) is 21.2 Å². The molecule has 0 heterocycles. The predicted octanol–water partition coefficient (Wildman–Crippen LogP) is 2.31. The molecule has 1 amide bonds. The number of benzene rings is 2. The molecule has 1 atom stereocenters. The Hall–Kier alpha value is -1.93. The lowest BCUT2D eigenvalue weighted by Crippen LogP contribution is -2.37. The van der Waals surface area contributed by atoms with Crippen molar-refractivity contribution in [2.24, 2.45) is 11.7 Å². The molecule has 0 unspecified atom stereocenters. The summed E-state index contributed by atoms with van der Waals surface area (Å²) in [6.07, 6.45) is 2.59. The summed E-state index contributed by atoms with van der Waals surface area (Å²) in [5.74, 6) is 0.158. The summed E-state index contributed by atoms with van der Waals surface area (Å²) in [4.78, 5) is 12.4. The van der Waals surface area contributed by atoms with Crippen molar-refractivity contribution < 1.29 is 13.2 Å². The zero-order chi connectivity index (χ0) is 18.6. The van der Waals surface area contributed by atoms with Gasteiger partial charge in [-0.15, -0.1) is 12.4 Å². The molecular weight excluding hydrogens is 386 g/mol. The van der Waals surface area contributed by atoms with E-state index in [1.807, 2.05) is 30.3 Å². The lowest BCUT2D eigenvalue weighted by molar-refractivity contribution is -0.117. The molecular formula is C19H24ClN3O3S. The van der Waals surface area contributed by atoms with E-state index in [9.17, 15) is 13.2 Å². The predicted molar refractivity (Wildman–Crippen MR) is 108 cm³/mol. The van der Waals surface area contributed by atoms with Gasteiger partial charge < -0.3 is 11.1 Å². The number of hydrogen-bond acceptors (Lipinski definition) is 4. The molecule has 2 aromatic carbocycles. The van der Waals surface area contributed by atoms with Crippen molar-refractivity contribution in [3.63, 3.8) is 0 Å². The topological polar surface area (TPSA) is 101 Å². The Morgan fingerprint density at radius 1 is 1.07 bits per heavy atom. The molecule has 0 spiro atoms. The Morgan fingerprint density at radius 2 is 1.70 bits per heavy atom. The number of amides is 1. The Bertz CT molecular complexity index is 854. The minimum atomic E-state index is -3.50. The monoisotopic (exact) mass is 409 g/mol. The SMILES string of the molecule is Cl.N[C@@H](Cc1ccccc1)C(=O)Nc1ccc(S(=O)(=O)NCC2CC2)cc1. The van der Waals surface area contributed by atoms with E-state index < -0.39 is 16.1 Å². The van der Waals surface area contributed by atoms with Gasteiger partial charge in [0.15, 0.2) is 0 Å². The number of halogens is 1. The first-order valence-electron chi connectivity index (χ1n) is 8.64. The van der Waals surface area contributed by atoms with Gasteiger partial charge in [-0.25, -0.2) is 13.1 Å². The van der Waals surface area contributed by atoms with Gasteiger partial charge in [-0.05, 0) is 55.0 Å². The first-order valence-corrected chi connectivity index (χ1v) is 10.1. The molecule has 0 aromatic heterocycles. The molecule has 0 radical (unpaired) electrons. The van der Waals surface area contributed by atoms with E-state index in [-0.39, 0.29) is 23.2 Å². The van der Waals surface area contributed by atoms with Gasteiger partial charge in [-0.3, -0.25) is 4.79 Å². The number of hydrogen-bond donors (Lipinski definition) is 3. The number of nitrogens with one attached hydrogen (secondary N) is 2. The van der Waals surface area contributed by atoms with Crippen molar-refractivity contribution in [2.75, 3.05) is 11.9 Å². The van der Waals surface area contributed by atoms with Crippen molar-refractivity contribution in [3.05, 3.63) is 60.2 Å². The first-order chi connectivity index (χ1) is 12.4. The highest BCUT2D eigenvalue weighted by molar-refractivity contribution is 7.89. The zero-order valence-electron chi connectivity index (χ0n) is 14.8. The molecule has 1 fully saturated rings. The number of rotatable bonds is 8. The first kappa shape index (κ1) is 21.4. The number of sulfonamides is 1. The van der Waals surface area contributed by atoms with Crippen molar-refractivity contribution in [1.82, 2.24) is 4.72 Å². The quantitative estimate of drug-likeness (QED) is 0.622. The molecule has 0 bridgehead atoms. The molecule has 4 N–H and O–H groups in total. The van der Waals surface area contributed by atoms with Gasteiger partial charge in [-0.1, -0.05) is 30.3 Å². The average Bonchev–Trinajstić information content (AvgIpc) is 3.46. The number of carbonyl (C=O) groups excluding carboxylic acids is 1. The van der Waals surface area contributed by atoms with Crippen LogP contribution in [0.15, 0.2) is 59.5 Å². The third-order valence-corrected chi connectivity index (χ3v) is 5.77. The second kappa shape index (κ2) is 9.32. The standard InChI is InChI=1S/C19H23N3O3S.ClH/c20-18(12-14-4-2-1-3-5-14)19(23)22-16-8-10-17(11-9-16)26(24,25)21-13-15-6-7-15;/h1-5,8-11,15,18,21H,6-7,12-13,20H2,(H,22,23);1H/t18-;/m0./s1. The fraction of sp³-hybridized carbons (Fsp3) is 0.316. The van der Waals surface area contributed by atoms with E-state index in [0.29, 0.717) is 24.6 Å². The molecule has 1 saturated carbocycles. The molecule has 6 nitrogen and oxygen atoms in total. The maximum atomic E-state index is 12.2. The smallest absolute Gasteiger partial charge is 0.241 e. The van der Waals surface area contributed by atoms with Gasteiger partial charge in [0, 0.05) is 12.2 Å². The van der Waals surface area contributed by atoms with Gasteiger partial charge in [0.1, 0.15) is 0 Å². The van der Waals surface area contributed by atoms with Crippen molar-refractivity contribution in [1.29, 1.82) is 0 Å². The maximum Gasteiger partial charge on any atom is 0.241 e. The third-order valence-electron chi connectivity index (χ3n) is 4.33. The lowest BCUT2D eigenvalue weighted by Gasteiger charge is -2.13. The fourth-order valence-electron chi connectivity index (χ4n) is 2.55. The molecule has 27 heavy (non-hydrogen) atoms. The fourth-order valence-corrected chi connectivity index (χ4v) is 3.66. The van der Waals surface area contributed by atoms with Crippen LogP contribution in [0.4, 0.5) is 5.69 Å². The number of nitrogens with two attached hydrogens (primary N) is 1. The minimum absolute atomic E-state index is 0. The van der Waals surface area contributed by atoms with Gasteiger partial charge in [0.25, 0.3) is 0 Å². The van der Waals surface area contributed by atoms with E-state index in [2.05, 4.69) is 10.0 Å². The lowest BCUT2D eigenvalue weighted by atomic mass is 10.1. The molecule has 2 aromatic rings. The van der Waals surface area contributed by atoms with Crippen LogP contribution in [0, 0.1) is 5.92 Å². The molecule has 146 valence electrons. The summed E-state index contributed by atoms with van der Waals surface area (Å²) < 4.78 is 27.0. The van der Waals surface area contributed by atoms with Crippen LogP contribution in [-0.4, -0.2) is 26.9 Å². The molecule has 1 aliphatic rings. The Labute approximate surface area is 166 Å². The maximum absolute atomic E-state index is 12.2. The van der Waals surface area contributed by atoms with Crippen LogP contribution in [0.3, 0.4) is 0 Å². The van der Waals surface area contributed by atoms with E-state index in [0.717, 1.165) is 18.4 Å². The third kappa shape index (κ3) is 6.32. The molecule has 1 aliphatic carbocycles.